The summed E-state index contributed by atoms with van der Waals surface area (Å²) in [4.78, 5) is 20.6. The molecule has 1 aliphatic rings. The van der Waals surface area contributed by atoms with E-state index in [2.05, 4.69) is 20.6 Å². The van der Waals surface area contributed by atoms with Crippen LogP contribution in [0, 0.1) is 0 Å². The molecule has 132 valence electrons. The van der Waals surface area contributed by atoms with E-state index in [1.807, 2.05) is 6.07 Å². The maximum absolute atomic E-state index is 12.4. The molecule has 7 nitrogen and oxygen atoms in total. The van der Waals surface area contributed by atoms with Gasteiger partial charge in [-0.15, -0.1) is 0 Å². The van der Waals surface area contributed by atoms with Crippen LogP contribution in [-0.4, -0.2) is 36.1 Å². The van der Waals surface area contributed by atoms with Crippen molar-refractivity contribution in [3.8, 4) is 11.5 Å². The topological polar surface area (TPSA) is 85.4 Å². The molecule has 7 heteroatoms. The molecule has 1 heterocycles. The number of anilines is 2. The molecule has 1 amide bonds. The molecule has 1 fully saturated rings. The summed E-state index contributed by atoms with van der Waals surface area (Å²) in [7, 11) is 3.19. The van der Waals surface area contributed by atoms with Crippen LogP contribution in [-0.2, 0) is 0 Å². The average Bonchev–Trinajstić information content (AvgIpc) is 3.15. The lowest BCUT2D eigenvalue weighted by molar-refractivity contribution is 0.0932. The van der Waals surface area contributed by atoms with Gasteiger partial charge >= 0.3 is 0 Å². The number of ether oxygens (including phenoxy) is 2. The van der Waals surface area contributed by atoms with Crippen molar-refractivity contribution in [2.24, 2.45) is 0 Å². The number of amides is 1. The first kappa shape index (κ1) is 17.0. The first-order valence-corrected chi connectivity index (χ1v) is 8.31. The SMILES string of the molecule is COc1ccc(OC)c(Nc2cc(C(=O)NC3CCCC3)ncn2)c1. The smallest absolute Gasteiger partial charge is 0.270 e. The van der Waals surface area contributed by atoms with E-state index in [-0.39, 0.29) is 11.9 Å². The Balaban J connectivity index is 1.76. The monoisotopic (exact) mass is 342 g/mol. The Morgan fingerprint density at radius 1 is 1.12 bits per heavy atom. The zero-order valence-electron chi connectivity index (χ0n) is 14.4. The predicted molar refractivity (Wildman–Crippen MR) is 94.6 cm³/mol. The van der Waals surface area contributed by atoms with Crippen molar-refractivity contribution in [2.75, 3.05) is 19.5 Å². The molecule has 1 aromatic carbocycles. The predicted octanol–water partition coefficient (Wildman–Crippen LogP) is 2.91. The third kappa shape index (κ3) is 4.17. The number of hydrogen-bond acceptors (Lipinski definition) is 6. The second kappa shape index (κ2) is 7.83. The number of benzene rings is 1. The number of carbonyl (C=O) groups excluding carboxylic acids is 1. The minimum absolute atomic E-state index is 0.171. The van der Waals surface area contributed by atoms with Gasteiger partial charge < -0.3 is 20.1 Å². The fourth-order valence-corrected chi connectivity index (χ4v) is 2.93. The quantitative estimate of drug-likeness (QED) is 0.839. The van der Waals surface area contributed by atoms with Gasteiger partial charge in [0.25, 0.3) is 5.91 Å². The fourth-order valence-electron chi connectivity index (χ4n) is 2.93. The molecule has 3 rings (SSSR count). The Kier molecular flexibility index (Phi) is 5.33. The maximum atomic E-state index is 12.4. The molecule has 1 aliphatic carbocycles. The van der Waals surface area contributed by atoms with E-state index < -0.39 is 0 Å². The Morgan fingerprint density at radius 3 is 2.64 bits per heavy atom. The average molecular weight is 342 g/mol. The van der Waals surface area contributed by atoms with Crippen LogP contribution in [0.4, 0.5) is 11.5 Å². The lowest BCUT2D eigenvalue weighted by atomic mass is 10.2. The molecular formula is C18H22N4O3. The molecular weight excluding hydrogens is 320 g/mol. The largest absolute Gasteiger partial charge is 0.497 e. The van der Waals surface area contributed by atoms with Gasteiger partial charge in [0, 0.05) is 18.2 Å². The summed E-state index contributed by atoms with van der Waals surface area (Å²) in [6.45, 7) is 0. The van der Waals surface area contributed by atoms with Crippen molar-refractivity contribution in [1.82, 2.24) is 15.3 Å². The van der Waals surface area contributed by atoms with Crippen LogP contribution in [0.3, 0.4) is 0 Å². The summed E-state index contributed by atoms with van der Waals surface area (Å²) >= 11 is 0. The van der Waals surface area contributed by atoms with Gasteiger partial charge in [-0.25, -0.2) is 9.97 Å². The molecule has 25 heavy (non-hydrogen) atoms. The van der Waals surface area contributed by atoms with Gasteiger partial charge in [0.1, 0.15) is 29.3 Å². The minimum Gasteiger partial charge on any atom is -0.497 e. The van der Waals surface area contributed by atoms with E-state index in [0.717, 1.165) is 25.7 Å². The van der Waals surface area contributed by atoms with Gasteiger partial charge in [-0.3, -0.25) is 4.79 Å². The summed E-state index contributed by atoms with van der Waals surface area (Å²) in [5.74, 6) is 1.68. The van der Waals surface area contributed by atoms with Crippen LogP contribution in [0.5, 0.6) is 11.5 Å². The Labute approximate surface area is 146 Å². The number of rotatable bonds is 6. The van der Waals surface area contributed by atoms with Crippen molar-refractivity contribution >= 4 is 17.4 Å². The van der Waals surface area contributed by atoms with Crippen LogP contribution in [0.25, 0.3) is 0 Å². The van der Waals surface area contributed by atoms with Gasteiger partial charge in [0.05, 0.1) is 19.9 Å². The first-order chi connectivity index (χ1) is 12.2. The maximum Gasteiger partial charge on any atom is 0.270 e. The Morgan fingerprint density at radius 2 is 1.92 bits per heavy atom. The Bertz CT molecular complexity index is 745. The van der Waals surface area contributed by atoms with Gasteiger partial charge in [0.2, 0.25) is 0 Å². The van der Waals surface area contributed by atoms with E-state index in [1.54, 1.807) is 32.4 Å². The zero-order valence-corrected chi connectivity index (χ0v) is 14.4. The highest BCUT2D eigenvalue weighted by Gasteiger charge is 2.19. The number of methoxy groups -OCH3 is 2. The van der Waals surface area contributed by atoms with Crippen molar-refractivity contribution in [3.05, 3.63) is 36.3 Å². The summed E-state index contributed by atoms with van der Waals surface area (Å²) in [6, 6.07) is 7.29. The third-order valence-corrected chi connectivity index (χ3v) is 4.26. The molecule has 0 saturated heterocycles. The van der Waals surface area contributed by atoms with E-state index in [9.17, 15) is 4.79 Å². The molecule has 0 radical (unpaired) electrons. The molecule has 0 bridgehead atoms. The number of aromatic nitrogens is 2. The van der Waals surface area contributed by atoms with Gasteiger partial charge in [-0.05, 0) is 25.0 Å². The highest BCUT2D eigenvalue weighted by Crippen LogP contribution is 2.31. The normalized spacial score (nSPS) is 14.2. The molecule has 1 saturated carbocycles. The van der Waals surface area contributed by atoms with Gasteiger partial charge in [-0.1, -0.05) is 12.8 Å². The molecule has 2 N–H and O–H groups in total. The van der Waals surface area contributed by atoms with E-state index in [1.165, 1.54) is 6.33 Å². The second-order valence-electron chi connectivity index (χ2n) is 5.93. The number of nitrogens with one attached hydrogen (secondary N) is 2. The number of hydrogen-bond donors (Lipinski definition) is 2. The summed E-state index contributed by atoms with van der Waals surface area (Å²) < 4.78 is 10.6. The van der Waals surface area contributed by atoms with Crippen LogP contribution in [0.1, 0.15) is 36.2 Å². The molecule has 0 unspecified atom stereocenters. The van der Waals surface area contributed by atoms with Crippen LogP contribution >= 0.6 is 0 Å². The molecule has 2 aromatic rings. The third-order valence-electron chi connectivity index (χ3n) is 4.26. The van der Waals surface area contributed by atoms with Crippen LogP contribution in [0.2, 0.25) is 0 Å². The summed E-state index contributed by atoms with van der Waals surface area (Å²) in [5, 5.41) is 6.18. The Hall–Kier alpha value is -2.83. The zero-order chi connectivity index (χ0) is 17.6. The van der Waals surface area contributed by atoms with Crippen LogP contribution < -0.4 is 20.1 Å². The summed E-state index contributed by atoms with van der Waals surface area (Å²) in [6.07, 6.45) is 5.76. The molecule has 0 spiro atoms. The second-order valence-corrected chi connectivity index (χ2v) is 5.93. The van der Waals surface area contributed by atoms with E-state index in [0.29, 0.717) is 28.7 Å². The van der Waals surface area contributed by atoms with Crippen molar-refractivity contribution < 1.29 is 14.3 Å². The highest BCUT2D eigenvalue weighted by molar-refractivity contribution is 5.93. The van der Waals surface area contributed by atoms with E-state index >= 15 is 0 Å². The highest BCUT2D eigenvalue weighted by atomic mass is 16.5. The van der Waals surface area contributed by atoms with Crippen molar-refractivity contribution in [3.63, 3.8) is 0 Å². The minimum atomic E-state index is -0.171. The van der Waals surface area contributed by atoms with E-state index in [4.69, 9.17) is 9.47 Å². The number of nitrogens with zero attached hydrogens (tertiary/aromatic N) is 2. The van der Waals surface area contributed by atoms with Crippen LogP contribution in [0.15, 0.2) is 30.6 Å². The van der Waals surface area contributed by atoms with Gasteiger partial charge in [0.15, 0.2) is 0 Å². The summed E-state index contributed by atoms with van der Waals surface area (Å²) in [5.41, 5.74) is 1.04. The lowest BCUT2D eigenvalue weighted by Crippen LogP contribution is -2.33. The van der Waals surface area contributed by atoms with Crippen molar-refractivity contribution in [2.45, 2.75) is 31.7 Å². The molecule has 0 atom stereocenters. The van der Waals surface area contributed by atoms with Gasteiger partial charge in [-0.2, -0.15) is 0 Å². The fraction of sp³-hybridized carbons (Fsp3) is 0.389. The van der Waals surface area contributed by atoms with Crippen molar-refractivity contribution in [1.29, 1.82) is 0 Å². The molecule has 0 aliphatic heterocycles. The standard InChI is InChI=1S/C18H22N4O3/c1-24-13-7-8-16(25-2)14(9-13)22-17-10-15(19-11-20-17)18(23)21-12-5-3-4-6-12/h7-12H,3-6H2,1-2H3,(H,21,23)(H,19,20,22). The first-order valence-electron chi connectivity index (χ1n) is 8.31. The molecule has 1 aromatic heterocycles. The lowest BCUT2D eigenvalue weighted by Gasteiger charge is -2.13. The number of carbonyl (C=O) groups is 1.